The molecule has 0 N–H and O–H groups in total. The van der Waals surface area contributed by atoms with Crippen molar-refractivity contribution in [2.75, 3.05) is 7.11 Å². The lowest BCUT2D eigenvalue weighted by Crippen LogP contribution is -2.21. The van der Waals surface area contributed by atoms with Crippen LogP contribution in [0.25, 0.3) is 0 Å². The summed E-state index contributed by atoms with van der Waals surface area (Å²) in [6, 6.07) is 19.8. The van der Waals surface area contributed by atoms with Gasteiger partial charge in [0.25, 0.3) is 0 Å². The highest BCUT2D eigenvalue weighted by molar-refractivity contribution is 5.97. The number of ketones is 1. The van der Waals surface area contributed by atoms with Crippen LogP contribution in [0.2, 0.25) is 0 Å². The van der Waals surface area contributed by atoms with Crippen molar-refractivity contribution < 1.29 is 9.53 Å². The molecule has 0 aromatic heterocycles. The van der Waals surface area contributed by atoms with E-state index in [1.165, 1.54) is 5.56 Å². The van der Waals surface area contributed by atoms with Crippen molar-refractivity contribution in [1.29, 1.82) is 0 Å². The number of hydrogen-bond donors (Lipinski definition) is 0. The SMILES string of the molecule is CCC(CC(C)C(OC)c1ccccc1)C(=O)c1ccccc1. The Morgan fingerprint density at radius 1 is 1.00 bits per heavy atom. The Labute approximate surface area is 139 Å². The van der Waals surface area contributed by atoms with Crippen LogP contribution in [-0.2, 0) is 4.74 Å². The van der Waals surface area contributed by atoms with Crippen molar-refractivity contribution in [2.24, 2.45) is 11.8 Å². The molecule has 0 saturated carbocycles. The molecule has 2 rings (SSSR count). The molecule has 122 valence electrons. The van der Waals surface area contributed by atoms with Crippen LogP contribution in [0.15, 0.2) is 60.7 Å². The molecule has 0 heterocycles. The van der Waals surface area contributed by atoms with Crippen molar-refractivity contribution in [1.82, 2.24) is 0 Å². The molecular weight excluding hydrogens is 284 g/mol. The van der Waals surface area contributed by atoms with Crippen molar-refractivity contribution in [3.05, 3.63) is 71.8 Å². The number of methoxy groups -OCH3 is 1. The maximum Gasteiger partial charge on any atom is 0.165 e. The van der Waals surface area contributed by atoms with E-state index < -0.39 is 0 Å². The lowest BCUT2D eigenvalue weighted by Gasteiger charge is -2.26. The number of ether oxygens (including phenoxy) is 1. The fourth-order valence-corrected chi connectivity index (χ4v) is 3.21. The number of carbonyl (C=O) groups is 1. The summed E-state index contributed by atoms with van der Waals surface area (Å²) in [4.78, 5) is 12.7. The second-order valence-electron chi connectivity index (χ2n) is 6.12. The van der Waals surface area contributed by atoms with E-state index >= 15 is 0 Å². The third-order valence-electron chi connectivity index (χ3n) is 4.48. The first-order chi connectivity index (χ1) is 11.2. The van der Waals surface area contributed by atoms with Crippen LogP contribution in [0, 0.1) is 11.8 Å². The van der Waals surface area contributed by atoms with Crippen molar-refractivity contribution in [3.63, 3.8) is 0 Å². The molecule has 0 radical (unpaired) electrons. The zero-order valence-electron chi connectivity index (χ0n) is 14.2. The molecule has 0 amide bonds. The third kappa shape index (κ3) is 4.52. The molecular formula is C21H26O2. The molecule has 2 aromatic rings. The van der Waals surface area contributed by atoms with Gasteiger partial charge in [-0.15, -0.1) is 0 Å². The van der Waals surface area contributed by atoms with Gasteiger partial charge >= 0.3 is 0 Å². The Balaban J connectivity index is 2.09. The molecule has 2 aromatic carbocycles. The Bertz CT molecular complexity index is 592. The van der Waals surface area contributed by atoms with Crippen LogP contribution in [0.5, 0.6) is 0 Å². The van der Waals surface area contributed by atoms with E-state index in [1.807, 2.05) is 48.5 Å². The van der Waals surface area contributed by atoms with E-state index in [0.29, 0.717) is 0 Å². The summed E-state index contributed by atoms with van der Waals surface area (Å²) in [7, 11) is 1.74. The molecule has 0 aliphatic carbocycles. The van der Waals surface area contributed by atoms with Crippen LogP contribution < -0.4 is 0 Å². The van der Waals surface area contributed by atoms with E-state index in [-0.39, 0.29) is 23.7 Å². The van der Waals surface area contributed by atoms with E-state index in [9.17, 15) is 4.79 Å². The predicted molar refractivity (Wildman–Crippen MR) is 94.5 cm³/mol. The van der Waals surface area contributed by atoms with Crippen LogP contribution in [0.1, 0.15) is 48.7 Å². The van der Waals surface area contributed by atoms with Gasteiger partial charge in [-0.1, -0.05) is 74.5 Å². The molecule has 0 saturated heterocycles. The molecule has 0 aliphatic heterocycles. The minimum Gasteiger partial charge on any atom is -0.376 e. The van der Waals surface area contributed by atoms with Gasteiger partial charge in [0.05, 0.1) is 6.10 Å². The molecule has 3 unspecified atom stereocenters. The molecule has 3 atom stereocenters. The van der Waals surface area contributed by atoms with Crippen LogP contribution >= 0.6 is 0 Å². The number of carbonyl (C=O) groups excluding carboxylic acids is 1. The highest BCUT2D eigenvalue weighted by Gasteiger charge is 2.26. The lowest BCUT2D eigenvalue weighted by molar-refractivity contribution is 0.0460. The Hall–Kier alpha value is -1.93. The van der Waals surface area contributed by atoms with Gasteiger partial charge < -0.3 is 4.74 Å². The molecule has 0 bridgehead atoms. The maximum atomic E-state index is 12.7. The summed E-state index contributed by atoms with van der Waals surface area (Å²) in [6.07, 6.45) is 1.70. The molecule has 2 heteroatoms. The number of rotatable bonds is 8. The highest BCUT2D eigenvalue weighted by atomic mass is 16.5. The van der Waals surface area contributed by atoms with Crippen LogP contribution in [-0.4, -0.2) is 12.9 Å². The van der Waals surface area contributed by atoms with Gasteiger partial charge in [-0.05, 0) is 24.3 Å². The minimum absolute atomic E-state index is 0.0221. The first-order valence-corrected chi connectivity index (χ1v) is 8.34. The highest BCUT2D eigenvalue weighted by Crippen LogP contribution is 2.32. The maximum absolute atomic E-state index is 12.7. The predicted octanol–water partition coefficient (Wildman–Crippen LogP) is 5.31. The van der Waals surface area contributed by atoms with Crippen LogP contribution in [0.4, 0.5) is 0 Å². The quantitative estimate of drug-likeness (QED) is 0.618. The zero-order chi connectivity index (χ0) is 16.7. The lowest BCUT2D eigenvalue weighted by atomic mass is 9.83. The molecule has 0 fully saturated rings. The Kier molecular flexibility index (Phi) is 6.54. The Morgan fingerprint density at radius 3 is 2.09 bits per heavy atom. The minimum atomic E-state index is 0.0221. The second-order valence-corrected chi connectivity index (χ2v) is 6.12. The van der Waals surface area contributed by atoms with E-state index in [2.05, 4.69) is 26.0 Å². The fraction of sp³-hybridized carbons (Fsp3) is 0.381. The van der Waals surface area contributed by atoms with Gasteiger partial charge in [0.1, 0.15) is 0 Å². The zero-order valence-corrected chi connectivity index (χ0v) is 14.2. The summed E-state index contributed by atoms with van der Waals surface area (Å²) >= 11 is 0. The van der Waals surface area contributed by atoms with Gasteiger partial charge in [-0.3, -0.25) is 4.79 Å². The molecule has 2 nitrogen and oxygen atoms in total. The van der Waals surface area contributed by atoms with Gasteiger partial charge in [0.15, 0.2) is 5.78 Å². The first kappa shape index (κ1) is 17.4. The smallest absolute Gasteiger partial charge is 0.165 e. The summed E-state index contributed by atoms with van der Waals surface area (Å²) in [6.45, 7) is 4.25. The number of hydrogen-bond acceptors (Lipinski definition) is 2. The van der Waals surface area contributed by atoms with Gasteiger partial charge in [-0.2, -0.15) is 0 Å². The summed E-state index contributed by atoms with van der Waals surface area (Å²) in [5, 5.41) is 0. The van der Waals surface area contributed by atoms with Gasteiger partial charge in [0.2, 0.25) is 0 Å². The summed E-state index contributed by atoms with van der Waals surface area (Å²) in [5.41, 5.74) is 1.98. The van der Waals surface area contributed by atoms with Crippen molar-refractivity contribution >= 4 is 5.78 Å². The Morgan fingerprint density at radius 2 is 1.57 bits per heavy atom. The molecule has 0 aliphatic rings. The topological polar surface area (TPSA) is 26.3 Å². The van der Waals surface area contributed by atoms with Crippen LogP contribution in [0.3, 0.4) is 0 Å². The normalized spacial score (nSPS) is 14.9. The molecule has 0 spiro atoms. The van der Waals surface area contributed by atoms with Gasteiger partial charge in [0, 0.05) is 18.6 Å². The first-order valence-electron chi connectivity index (χ1n) is 8.34. The van der Waals surface area contributed by atoms with Crippen molar-refractivity contribution in [3.8, 4) is 0 Å². The number of benzene rings is 2. The standard InChI is InChI=1S/C21H26O2/c1-4-17(20(22)18-11-7-5-8-12-18)15-16(2)21(23-3)19-13-9-6-10-14-19/h5-14,16-17,21H,4,15H2,1-3H3. The average molecular weight is 310 g/mol. The fourth-order valence-electron chi connectivity index (χ4n) is 3.21. The second kappa shape index (κ2) is 8.64. The largest absolute Gasteiger partial charge is 0.376 e. The molecule has 23 heavy (non-hydrogen) atoms. The number of Topliss-reactive ketones (excluding diaryl/α,β-unsaturated/α-hetero) is 1. The van der Waals surface area contributed by atoms with E-state index in [1.54, 1.807) is 7.11 Å². The van der Waals surface area contributed by atoms with E-state index in [0.717, 1.165) is 18.4 Å². The van der Waals surface area contributed by atoms with E-state index in [4.69, 9.17) is 4.74 Å². The summed E-state index contributed by atoms with van der Waals surface area (Å²) < 4.78 is 5.72. The monoisotopic (exact) mass is 310 g/mol. The average Bonchev–Trinajstić information content (AvgIpc) is 2.61. The third-order valence-corrected chi connectivity index (χ3v) is 4.48. The summed E-state index contributed by atoms with van der Waals surface area (Å²) in [5.74, 6) is 0.552. The van der Waals surface area contributed by atoms with Crippen molar-refractivity contribution in [2.45, 2.75) is 32.8 Å². The van der Waals surface area contributed by atoms with Gasteiger partial charge in [-0.25, -0.2) is 0 Å².